The molecule has 3 aromatic rings. The summed E-state index contributed by atoms with van der Waals surface area (Å²) in [5, 5.41) is 3.03. The Bertz CT molecular complexity index is 1240. The zero-order chi connectivity index (χ0) is 29.6. The average molecular weight is 572 g/mol. The van der Waals surface area contributed by atoms with Gasteiger partial charge in [0.05, 0.1) is 19.8 Å². The molecule has 3 amide bonds. The molecule has 0 spiro atoms. The third kappa shape index (κ3) is 9.43. The van der Waals surface area contributed by atoms with Gasteiger partial charge in [0.25, 0.3) is 5.91 Å². The van der Waals surface area contributed by atoms with Gasteiger partial charge in [0.15, 0.2) is 0 Å². The Balaban J connectivity index is 1.38. The molecule has 0 bridgehead atoms. The van der Waals surface area contributed by atoms with E-state index in [1.807, 2.05) is 59.5 Å². The summed E-state index contributed by atoms with van der Waals surface area (Å²) in [5.74, 6) is 0.00767. The Morgan fingerprint density at radius 1 is 0.881 bits per heavy atom. The summed E-state index contributed by atoms with van der Waals surface area (Å²) in [4.78, 5) is 29.6. The number of rotatable bonds is 14. The largest absolute Gasteiger partial charge is 0.378 e. The second kappa shape index (κ2) is 16.7. The zero-order valence-corrected chi connectivity index (χ0v) is 25.1. The summed E-state index contributed by atoms with van der Waals surface area (Å²) in [6.45, 7) is 5.56. The van der Waals surface area contributed by atoms with Gasteiger partial charge in [-0.05, 0) is 40.8 Å². The van der Waals surface area contributed by atoms with Gasteiger partial charge in [-0.2, -0.15) is 0 Å². The molecule has 7 heteroatoms. The van der Waals surface area contributed by atoms with Crippen LogP contribution in [-0.2, 0) is 27.3 Å². The van der Waals surface area contributed by atoms with Crippen molar-refractivity contribution in [2.75, 3.05) is 44.8 Å². The predicted molar refractivity (Wildman–Crippen MR) is 169 cm³/mol. The maximum atomic E-state index is 13.4. The maximum absolute atomic E-state index is 13.4. The summed E-state index contributed by atoms with van der Waals surface area (Å²) < 4.78 is 11.6. The number of urea groups is 1. The highest BCUT2D eigenvalue weighted by atomic mass is 16.5. The Kier molecular flexibility index (Phi) is 12.4. The third-order valence-electron chi connectivity index (χ3n) is 7.70. The van der Waals surface area contributed by atoms with Gasteiger partial charge < -0.3 is 19.7 Å². The van der Waals surface area contributed by atoms with Crippen LogP contribution < -0.4 is 10.2 Å². The standard InChI is InChI=1S/C35H45N3O4/c1-3-4-5-6-10-20-36-35(40)37(2)32-15-11-14-31(26-32)30-18-16-28(17-19-30)25-33(34(39)38-21-23-41-24-22-38)42-27-29-12-8-7-9-13-29/h7-9,11-19,26,33H,3-6,10,20-25,27H2,1-2H3,(H,36,40). The van der Waals surface area contributed by atoms with Crippen molar-refractivity contribution in [3.63, 3.8) is 0 Å². The minimum absolute atomic E-state index is 0.00767. The summed E-state index contributed by atoms with van der Waals surface area (Å²) in [6, 6.07) is 26.1. The Morgan fingerprint density at radius 3 is 2.36 bits per heavy atom. The van der Waals surface area contributed by atoms with Crippen molar-refractivity contribution in [2.24, 2.45) is 0 Å². The molecule has 0 saturated carbocycles. The normalized spacial score (nSPS) is 13.9. The minimum atomic E-state index is -0.573. The lowest BCUT2D eigenvalue weighted by atomic mass is 10.0. The second-order valence-corrected chi connectivity index (χ2v) is 10.9. The zero-order valence-electron chi connectivity index (χ0n) is 25.1. The second-order valence-electron chi connectivity index (χ2n) is 10.9. The predicted octanol–water partition coefficient (Wildman–Crippen LogP) is 6.46. The van der Waals surface area contributed by atoms with Crippen molar-refractivity contribution >= 4 is 17.6 Å². The van der Waals surface area contributed by atoms with Crippen molar-refractivity contribution in [3.8, 4) is 11.1 Å². The van der Waals surface area contributed by atoms with Gasteiger partial charge in [-0.15, -0.1) is 0 Å². The fourth-order valence-electron chi connectivity index (χ4n) is 5.08. The van der Waals surface area contributed by atoms with Gasteiger partial charge >= 0.3 is 6.03 Å². The van der Waals surface area contributed by atoms with Gasteiger partial charge in [0.1, 0.15) is 6.10 Å². The molecule has 1 aliphatic heterocycles. The van der Waals surface area contributed by atoms with E-state index in [-0.39, 0.29) is 11.9 Å². The number of hydrogen-bond acceptors (Lipinski definition) is 4. The van der Waals surface area contributed by atoms with Gasteiger partial charge in [0, 0.05) is 38.8 Å². The highest BCUT2D eigenvalue weighted by Crippen LogP contribution is 2.25. The lowest BCUT2D eigenvalue weighted by Gasteiger charge is -2.30. The van der Waals surface area contributed by atoms with Crippen LogP contribution in [0.4, 0.5) is 10.5 Å². The van der Waals surface area contributed by atoms with Crippen molar-refractivity contribution in [3.05, 3.63) is 90.0 Å². The molecule has 4 rings (SSSR count). The molecule has 3 aromatic carbocycles. The first-order valence-corrected chi connectivity index (χ1v) is 15.3. The van der Waals surface area contributed by atoms with Crippen LogP contribution in [-0.4, -0.2) is 62.8 Å². The van der Waals surface area contributed by atoms with Gasteiger partial charge in [-0.25, -0.2) is 4.79 Å². The fourth-order valence-corrected chi connectivity index (χ4v) is 5.08. The van der Waals surface area contributed by atoms with E-state index >= 15 is 0 Å². The van der Waals surface area contributed by atoms with E-state index in [1.54, 1.807) is 11.9 Å². The van der Waals surface area contributed by atoms with E-state index in [4.69, 9.17) is 9.47 Å². The average Bonchev–Trinajstić information content (AvgIpc) is 3.05. The molecule has 0 aromatic heterocycles. The Labute approximate surface area is 250 Å². The molecule has 42 heavy (non-hydrogen) atoms. The first kappa shape index (κ1) is 31.3. The lowest BCUT2D eigenvalue weighted by Crippen LogP contribution is -2.47. The van der Waals surface area contributed by atoms with Gasteiger partial charge in [-0.3, -0.25) is 9.69 Å². The van der Waals surface area contributed by atoms with Crippen LogP contribution in [0.2, 0.25) is 0 Å². The molecule has 0 radical (unpaired) electrons. The molecular weight excluding hydrogens is 526 g/mol. The maximum Gasteiger partial charge on any atom is 0.321 e. The number of amides is 3. The number of unbranched alkanes of at least 4 members (excludes halogenated alkanes) is 4. The first-order valence-electron chi connectivity index (χ1n) is 15.3. The van der Waals surface area contributed by atoms with Crippen LogP contribution in [0.1, 0.15) is 50.2 Å². The molecule has 1 atom stereocenters. The smallest absolute Gasteiger partial charge is 0.321 e. The topological polar surface area (TPSA) is 71.1 Å². The molecule has 7 nitrogen and oxygen atoms in total. The van der Waals surface area contributed by atoms with Crippen LogP contribution in [0.25, 0.3) is 11.1 Å². The Hall–Kier alpha value is -3.68. The summed E-state index contributed by atoms with van der Waals surface area (Å²) in [5.41, 5.74) is 4.99. The van der Waals surface area contributed by atoms with Crippen molar-refractivity contribution in [1.82, 2.24) is 10.2 Å². The van der Waals surface area contributed by atoms with Crippen LogP contribution in [0.3, 0.4) is 0 Å². The van der Waals surface area contributed by atoms with Crippen molar-refractivity contribution in [2.45, 2.75) is 58.2 Å². The molecule has 1 saturated heterocycles. The fraction of sp³-hybridized carbons (Fsp3) is 0.429. The molecule has 1 fully saturated rings. The number of carbonyl (C=O) groups is 2. The molecule has 0 aliphatic carbocycles. The van der Waals surface area contributed by atoms with E-state index < -0.39 is 6.10 Å². The van der Waals surface area contributed by atoms with E-state index in [9.17, 15) is 9.59 Å². The number of nitrogens with one attached hydrogen (secondary N) is 1. The van der Waals surface area contributed by atoms with Crippen LogP contribution in [0.5, 0.6) is 0 Å². The number of anilines is 1. The van der Waals surface area contributed by atoms with Crippen molar-refractivity contribution in [1.29, 1.82) is 0 Å². The lowest BCUT2D eigenvalue weighted by molar-refractivity contribution is -0.148. The third-order valence-corrected chi connectivity index (χ3v) is 7.70. The summed E-state index contributed by atoms with van der Waals surface area (Å²) in [7, 11) is 1.80. The van der Waals surface area contributed by atoms with E-state index in [2.05, 4.69) is 36.5 Å². The van der Waals surface area contributed by atoms with E-state index in [0.717, 1.165) is 40.8 Å². The number of carbonyl (C=O) groups excluding carboxylic acids is 2. The Morgan fingerprint density at radius 2 is 1.62 bits per heavy atom. The highest BCUT2D eigenvalue weighted by Gasteiger charge is 2.27. The number of benzene rings is 3. The molecule has 1 unspecified atom stereocenters. The summed E-state index contributed by atoms with van der Waals surface area (Å²) in [6.07, 6.45) is 5.74. The molecule has 1 N–H and O–H groups in total. The number of morpholine rings is 1. The molecule has 1 heterocycles. The highest BCUT2D eigenvalue weighted by molar-refractivity contribution is 5.92. The molecule has 224 valence electrons. The van der Waals surface area contributed by atoms with Crippen LogP contribution in [0, 0.1) is 0 Å². The number of ether oxygens (including phenoxy) is 2. The van der Waals surface area contributed by atoms with Crippen molar-refractivity contribution < 1.29 is 19.1 Å². The monoisotopic (exact) mass is 571 g/mol. The SMILES string of the molecule is CCCCCCCNC(=O)N(C)c1cccc(-c2ccc(CC(OCc3ccccc3)C(=O)N3CCOCC3)cc2)c1. The minimum Gasteiger partial charge on any atom is -0.378 e. The van der Waals surface area contributed by atoms with Crippen LogP contribution >= 0.6 is 0 Å². The summed E-state index contributed by atoms with van der Waals surface area (Å²) >= 11 is 0. The van der Waals surface area contributed by atoms with Gasteiger partial charge in [0.2, 0.25) is 0 Å². The number of hydrogen-bond donors (Lipinski definition) is 1. The molecular formula is C35H45N3O4. The van der Waals surface area contributed by atoms with Gasteiger partial charge in [-0.1, -0.05) is 99.3 Å². The van der Waals surface area contributed by atoms with E-state index in [0.29, 0.717) is 45.9 Å². The quantitative estimate of drug-likeness (QED) is 0.226. The van der Waals surface area contributed by atoms with E-state index in [1.165, 1.54) is 19.3 Å². The number of nitrogens with zero attached hydrogens (tertiary/aromatic N) is 2. The molecule has 1 aliphatic rings. The van der Waals surface area contributed by atoms with Crippen LogP contribution in [0.15, 0.2) is 78.9 Å². The first-order chi connectivity index (χ1) is 20.5.